The van der Waals surface area contributed by atoms with E-state index in [1.807, 2.05) is 0 Å². The average molecular weight is 321 g/mol. The molecular formula is C18H18F3NO. The molecule has 2 aliphatic carbocycles. The first-order valence-corrected chi connectivity index (χ1v) is 7.87. The second-order valence-electron chi connectivity index (χ2n) is 6.38. The summed E-state index contributed by atoms with van der Waals surface area (Å²) in [4.78, 5) is 12.1. The first-order chi connectivity index (χ1) is 10.9. The van der Waals surface area contributed by atoms with Gasteiger partial charge in [-0.15, -0.1) is 0 Å². The van der Waals surface area contributed by atoms with Crippen LogP contribution in [0.25, 0.3) is 0 Å². The molecule has 1 N–H and O–H groups in total. The molecule has 1 aromatic carbocycles. The number of rotatable bonds is 2. The minimum atomic E-state index is -4.37. The van der Waals surface area contributed by atoms with Crippen LogP contribution < -0.4 is 5.32 Å². The summed E-state index contributed by atoms with van der Waals surface area (Å²) in [6.07, 6.45) is 0.141. The van der Waals surface area contributed by atoms with Crippen molar-refractivity contribution in [3.63, 3.8) is 0 Å². The summed E-state index contributed by atoms with van der Waals surface area (Å²) in [6.45, 7) is 0.170. The van der Waals surface area contributed by atoms with Gasteiger partial charge in [-0.3, -0.25) is 4.79 Å². The average Bonchev–Trinajstić information content (AvgIpc) is 3.14. The zero-order chi connectivity index (χ0) is 16.4. The number of amides is 1. The van der Waals surface area contributed by atoms with Crippen LogP contribution >= 0.6 is 0 Å². The normalized spacial score (nSPS) is 25.8. The highest BCUT2D eigenvalue weighted by Crippen LogP contribution is 2.48. The predicted molar refractivity (Wildman–Crippen MR) is 80.3 cm³/mol. The maximum Gasteiger partial charge on any atom is 0.416 e. The number of nitrogens with one attached hydrogen (secondary N) is 1. The van der Waals surface area contributed by atoms with Crippen LogP contribution in [-0.2, 0) is 11.0 Å². The Labute approximate surface area is 133 Å². The number of halogens is 3. The molecule has 0 radical (unpaired) electrons. The largest absolute Gasteiger partial charge is 0.416 e. The molecule has 0 spiro atoms. The molecule has 1 aromatic rings. The third-order valence-electron chi connectivity index (χ3n) is 4.85. The molecule has 3 atom stereocenters. The summed E-state index contributed by atoms with van der Waals surface area (Å²) >= 11 is 0. The van der Waals surface area contributed by atoms with Crippen molar-refractivity contribution in [1.82, 2.24) is 5.32 Å². The molecule has 122 valence electrons. The van der Waals surface area contributed by atoms with Crippen LogP contribution in [0.5, 0.6) is 0 Å². The van der Waals surface area contributed by atoms with Crippen molar-refractivity contribution in [2.45, 2.75) is 31.9 Å². The van der Waals surface area contributed by atoms with E-state index in [1.165, 1.54) is 18.6 Å². The molecule has 2 saturated carbocycles. The molecule has 23 heavy (non-hydrogen) atoms. The summed E-state index contributed by atoms with van der Waals surface area (Å²) in [5.41, 5.74) is -0.413. The summed E-state index contributed by atoms with van der Waals surface area (Å²) < 4.78 is 37.8. The lowest BCUT2D eigenvalue weighted by Gasteiger charge is -2.19. The summed E-state index contributed by atoms with van der Waals surface area (Å²) in [6, 6.07) is 4.90. The van der Waals surface area contributed by atoms with E-state index >= 15 is 0 Å². The Morgan fingerprint density at radius 1 is 1.26 bits per heavy atom. The third kappa shape index (κ3) is 3.69. The van der Waals surface area contributed by atoms with Crippen LogP contribution in [0, 0.1) is 29.6 Å². The lowest BCUT2D eigenvalue weighted by molar-refractivity contribution is -0.137. The highest BCUT2D eigenvalue weighted by molar-refractivity contribution is 5.79. The number of fused-ring (bicyclic) bond motifs is 2. The first-order valence-electron chi connectivity index (χ1n) is 7.87. The lowest BCUT2D eigenvalue weighted by Crippen LogP contribution is -2.33. The number of carbonyl (C=O) groups excluding carboxylic acids is 1. The van der Waals surface area contributed by atoms with Crippen LogP contribution in [0.2, 0.25) is 0 Å². The maximum absolute atomic E-state index is 12.6. The minimum Gasteiger partial charge on any atom is -0.345 e. The Morgan fingerprint density at radius 3 is 2.74 bits per heavy atom. The van der Waals surface area contributed by atoms with Gasteiger partial charge in [0, 0.05) is 11.5 Å². The molecule has 0 aliphatic heterocycles. The molecule has 0 heterocycles. The third-order valence-corrected chi connectivity index (χ3v) is 4.85. The van der Waals surface area contributed by atoms with Gasteiger partial charge in [0.15, 0.2) is 0 Å². The van der Waals surface area contributed by atoms with Crippen molar-refractivity contribution in [2.24, 2.45) is 17.8 Å². The molecule has 0 unspecified atom stereocenters. The summed E-state index contributed by atoms with van der Waals surface area (Å²) in [5, 5.41) is 2.79. The van der Waals surface area contributed by atoms with E-state index in [0.717, 1.165) is 31.4 Å². The Balaban J connectivity index is 1.53. The fourth-order valence-corrected chi connectivity index (χ4v) is 3.75. The zero-order valence-corrected chi connectivity index (χ0v) is 12.6. The molecule has 2 fully saturated rings. The second-order valence-corrected chi connectivity index (χ2v) is 6.38. The molecule has 2 bridgehead atoms. The quantitative estimate of drug-likeness (QED) is 0.829. The fourth-order valence-electron chi connectivity index (χ4n) is 3.75. The lowest BCUT2D eigenvalue weighted by atomic mass is 9.88. The van der Waals surface area contributed by atoms with Crippen molar-refractivity contribution in [2.75, 3.05) is 6.54 Å². The van der Waals surface area contributed by atoms with Crippen molar-refractivity contribution < 1.29 is 18.0 Å². The zero-order valence-electron chi connectivity index (χ0n) is 12.6. The SMILES string of the molecule is O=C(NCC#Cc1cccc(C(F)(F)F)c1)[C@H]1C[C@@H]2CC[C@@H]1C2. The smallest absolute Gasteiger partial charge is 0.345 e. The molecule has 0 aromatic heterocycles. The van der Waals surface area contributed by atoms with Gasteiger partial charge in [-0.1, -0.05) is 24.3 Å². The van der Waals surface area contributed by atoms with E-state index in [2.05, 4.69) is 17.2 Å². The monoisotopic (exact) mass is 321 g/mol. The van der Waals surface area contributed by atoms with Gasteiger partial charge in [0.25, 0.3) is 0 Å². The standard InChI is InChI=1S/C18H18F3NO/c19-18(20,21)15-5-1-3-12(10-15)4-2-8-22-17(23)16-11-13-6-7-14(16)9-13/h1,3,5,10,13-14,16H,6-9,11H2,(H,22,23)/t13-,14-,16+/m1/s1. The molecule has 2 aliphatic rings. The van der Waals surface area contributed by atoms with E-state index in [9.17, 15) is 18.0 Å². The summed E-state index contributed by atoms with van der Waals surface area (Å²) in [7, 11) is 0. The van der Waals surface area contributed by atoms with Gasteiger partial charge in [-0.05, 0) is 49.3 Å². The van der Waals surface area contributed by atoms with Gasteiger partial charge in [0.05, 0.1) is 12.1 Å². The second kappa shape index (κ2) is 6.27. The van der Waals surface area contributed by atoms with E-state index in [0.29, 0.717) is 17.4 Å². The molecule has 1 amide bonds. The number of carbonyl (C=O) groups is 1. The van der Waals surface area contributed by atoms with Gasteiger partial charge in [0.2, 0.25) is 5.91 Å². The molecule has 3 rings (SSSR count). The highest BCUT2D eigenvalue weighted by atomic mass is 19.4. The van der Waals surface area contributed by atoms with Crippen molar-refractivity contribution >= 4 is 5.91 Å². The number of hydrogen-bond donors (Lipinski definition) is 1. The Hall–Kier alpha value is -1.96. The van der Waals surface area contributed by atoms with E-state index in [-0.39, 0.29) is 18.4 Å². The Bertz CT molecular complexity index is 656. The van der Waals surface area contributed by atoms with Crippen LogP contribution in [0.3, 0.4) is 0 Å². The van der Waals surface area contributed by atoms with Gasteiger partial charge in [0.1, 0.15) is 0 Å². The predicted octanol–water partition coefficient (Wildman–Crippen LogP) is 3.61. The van der Waals surface area contributed by atoms with E-state index in [4.69, 9.17) is 0 Å². The van der Waals surface area contributed by atoms with E-state index in [1.54, 1.807) is 0 Å². The van der Waals surface area contributed by atoms with Crippen molar-refractivity contribution in [3.8, 4) is 11.8 Å². The number of alkyl halides is 3. The van der Waals surface area contributed by atoms with Crippen LogP contribution in [-0.4, -0.2) is 12.5 Å². The van der Waals surface area contributed by atoms with Crippen LogP contribution in [0.4, 0.5) is 13.2 Å². The van der Waals surface area contributed by atoms with Crippen molar-refractivity contribution in [1.29, 1.82) is 0 Å². The van der Waals surface area contributed by atoms with Gasteiger partial charge in [-0.2, -0.15) is 13.2 Å². The Morgan fingerprint density at radius 2 is 2.09 bits per heavy atom. The molecule has 2 nitrogen and oxygen atoms in total. The van der Waals surface area contributed by atoms with Crippen LogP contribution in [0.15, 0.2) is 24.3 Å². The first kappa shape index (κ1) is 15.9. The van der Waals surface area contributed by atoms with E-state index < -0.39 is 11.7 Å². The van der Waals surface area contributed by atoms with Crippen LogP contribution in [0.1, 0.15) is 36.8 Å². The number of hydrogen-bond acceptors (Lipinski definition) is 1. The summed E-state index contributed by atoms with van der Waals surface area (Å²) in [5.74, 6) is 6.75. The Kier molecular flexibility index (Phi) is 4.34. The maximum atomic E-state index is 12.6. The molecule has 5 heteroatoms. The molecule has 0 saturated heterocycles. The fraction of sp³-hybridized carbons (Fsp3) is 0.500. The topological polar surface area (TPSA) is 29.1 Å². The minimum absolute atomic E-state index is 0.0375. The molecular weight excluding hydrogens is 303 g/mol. The van der Waals surface area contributed by atoms with Crippen molar-refractivity contribution in [3.05, 3.63) is 35.4 Å². The van der Waals surface area contributed by atoms with Gasteiger partial charge in [-0.25, -0.2) is 0 Å². The van der Waals surface area contributed by atoms with Gasteiger partial charge < -0.3 is 5.32 Å². The highest BCUT2D eigenvalue weighted by Gasteiger charge is 2.42. The van der Waals surface area contributed by atoms with Gasteiger partial charge >= 0.3 is 6.18 Å². The number of benzene rings is 1.